The van der Waals surface area contributed by atoms with Crippen molar-refractivity contribution in [2.75, 3.05) is 19.6 Å². The molecule has 5 heteroatoms. The third kappa shape index (κ3) is 3.30. The van der Waals surface area contributed by atoms with Gasteiger partial charge in [-0.2, -0.15) is 4.31 Å². The SMILES string of the molecule is CCC(C)(C)c1ccc(S(=O)(=O)N2CCC(CN)C2)cc1. The lowest BCUT2D eigenvalue weighted by Gasteiger charge is -2.24. The van der Waals surface area contributed by atoms with E-state index in [9.17, 15) is 8.42 Å². The molecule has 4 nitrogen and oxygen atoms in total. The molecule has 2 rings (SSSR count). The number of sulfonamides is 1. The Balaban J connectivity index is 2.22. The standard InChI is InChI=1S/C16H26N2O2S/c1-4-16(2,3)14-5-7-15(8-6-14)21(19,20)18-10-9-13(11-17)12-18/h5-8,13H,4,9-12,17H2,1-3H3. The highest BCUT2D eigenvalue weighted by Gasteiger charge is 2.32. The smallest absolute Gasteiger partial charge is 0.243 e. The van der Waals surface area contributed by atoms with Crippen LogP contribution >= 0.6 is 0 Å². The van der Waals surface area contributed by atoms with Gasteiger partial charge in [0.05, 0.1) is 4.90 Å². The summed E-state index contributed by atoms with van der Waals surface area (Å²) >= 11 is 0. The topological polar surface area (TPSA) is 63.4 Å². The minimum absolute atomic E-state index is 0.0700. The van der Waals surface area contributed by atoms with E-state index in [1.54, 1.807) is 16.4 Å². The van der Waals surface area contributed by atoms with Crippen molar-refractivity contribution in [1.29, 1.82) is 0 Å². The molecule has 21 heavy (non-hydrogen) atoms. The van der Waals surface area contributed by atoms with E-state index < -0.39 is 10.0 Å². The molecule has 1 aromatic rings. The van der Waals surface area contributed by atoms with E-state index >= 15 is 0 Å². The molecule has 0 saturated carbocycles. The number of benzene rings is 1. The molecule has 1 fully saturated rings. The molecule has 0 aliphatic carbocycles. The van der Waals surface area contributed by atoms with Crippen LogP contribution in [-0.4, -0.2) is 32.4 Å². The van der Waals surface area contributed by atoms with Crippen molar-refractivity contribution in [3.8, 4) is 0 Å². The van der Waals surface area contributed by atoms with Gasteiger partial charge in [0.1, 0.15) is 0 Å². The summed E-state index contributed by atoms with van der Waals surface area (Å²) in [5.41, 5.74) is 6.88. The van der Waals surface area contributed by atoms with Crippen LogP contribution < -0.4 is 5.73 Å². The van der Waals surface area contributed by atoms with Gasteiger partial charge in [-0.05, 0) is 48.4 Å². The number of nitrogens with zero attached hydrogens (tertiary/aromatic N) is 1. The Morgan fingerprint density at radius 2 is 1.90 bits per heavy atom. The first-order valence-electron chi connectivity index (χ1n) is 7.62. The molecule has 2 N–H and O–H groups in total. The average Bonchev–Trinajstić information content (AvgIpc) is 2.97. The van der Waals surface area contributed by atoms with Gasteiger partial charge in [-0.25, -0.2) is 8.42 Å². The number of nitrogens with two attached hydrogens (primary N) is 1. The highest BCUT2D eigenvalue weighted by molar-refractivity contribution is 7.89. The molecule has 0 amide bonds. The van der Waals surface area contributed by atoms with Gasteiger partial charge in [0.25, 0.3) is 0 Å². The first kappa shape index (κ1) is 16.5. The van der Waals surface area contributed by atoms with Gasteiger partial charge in [-0.15, -0.1) is 0 Å². The van der Waals surface area contributed by atoms with Crippen LogP contribution in [0.1, 0.15) is 39.2 Å². The van der Waals surface area contributed by atoms with E-state index in [0.29, 0.717) is 24.5 Å². The maximum Gasteiger partial charge on any atom is 0.243 e. The molecular formula is C16H26N2O2S. The third-order valence-electron chi connectivity index (χ3n) is 4.74. The van der Waals surface area contributed by atoms with Crippen molar-refractivity contribution in [3.05, 3.63) is 29.8 Å². The normalized spacial score (nSPS) is 20.9. The number of hydrogen-bond acceptors (Lipinski definition) is 3. The quantitative estimate of drug-likeness (QED) is 0.908. The Morgan fingerprint density at radius 1 is 1.29 bits per heavy atom. The van der Waals surface area contributed by atoms with Gasteiger partial charge in [-0.1, -0.05) is 32.9 Å². The zero-order chi connectivity index (χ0) is 15.7. The van der Waals surface area contributed by atoms with E-state index in [1.807, 2.05) is 12.1 Å². The van der Waals surface area contributed by atoms with Crippen molar-refractivity contribution in [1.82, 2.24) is 4.31 Å². The van der Waals surface area contributed by atoms with E-state index in [0.717, 1.165) is 12.8 Å². The Kier molecular flexibility index (Phi) is 4.76. The van der Waals surface area contributed by atoms with Crippen LogP contribution in [0, 0.1) is 5.92 Å². The lowest BCUT2D eigenvalue weighted by Crippen LogP contribution is -2.30. The minimum Gasteiger partial charge on any atom is -0.330 e. The monoisotopic (exact) mass is 310 g/mol. The molecule has 1 atom stereocenters. The largest absolute Gasteiger partial charge is 0.330 e. The summed E-state index contributed by atoms with van der Waals surface area (Å²) in [7, 11) is -3.37. The van der Waals surface area contributed by atoms with Crippen molar-refractivity contribution < 1.29 is 8.42 Å². The molecule has 0 aromatic heterocycles. The second-order valence-corrected chi connectivity index (χ2v) is 8.45. The molecule has 1 aromatic carbocycles. The molecule has 1 unspecified atom stereocenters. The number of rotatable bonds is 5. The molecule has 0 bridgehead atoms. The fraction of sp³-hybridized carbons (Fsp3) is 0.625. The molecule has 1 heterocycles. The average molecular weight is 310 g/mol. The van der Waals surface area contributed by atoms with Gasteiger partial charge in [-0.3, -0.25) is 0 Å². The Hall–Kier alpha value is -0.910. The van der Waals surface area contributed by atoms with E-state index in [1.165, 1.54) is 5.56 Å². The zero-order valence-corrected chi connectivity index (χ0v) is 14.0. The van der Waals surface area contributed by atoms with Crippen molar-refractivity contribution in [2.45, 2.75) is 43.9 Å². The van der Waals surface area contributed by atoms with Crippen LogP contribution in [0.4, 0.5) is 0 Å². The predicted octanol–water partition coefficient (Wildman–Crippen LogP) is 2.34. The summed E-state index contributed by atoms with van der Waals surface area (Å²) in [6, 6.07) is 7.34. The molecule has 1 aliphatic heterocycles. The molecule has 0 radical (unpaired) electrons. The van der Waals surface area contributed by atoms with Gasteiger partial charge in [0.2, 0.25) is 10.0 Å². The third-order valence-corrected chi connectivity index (χ3v) is 6.62. The van der Waals surface area contributed by atoms with Gasteiger partial charge in [0.15, 0.2) is 0 Å². The first-order chi connectivity index (χ1) is 9.81. The summed E-state index contributed by atoms with van der Waals surface area (Å²) in [6.07, 6.45) is 1.88. The van der Waals surface area contributed by atoms with Crippen LogP contribution in [0.5, 0.6) is 0 Å². The summed E-state index contributed by atoms with van der Waals surface area (Å²) in [5.74, 6) is 0.290. The summed E-state index contributed by atoms with van der Waals surface area (Å²) < 4.78 is 26.8. The lowest BCUT2D eigenvalue weighted by atomic mass is 9.82. The molecule has 1 aliphatic rings. The highest BCUT2D eigenvalue weighted by Crippen LogP contribution is 2.29. The molecule has 0 spiro atoms. The van der Waals surface area contributed by atoms with Crippen LogP contribution in [-0.2, 0) is 15.4 Å². The Morgan fingerprint density at radius 3 is 2.38 bits per heavy atom. The van der Waals surface area contributed by atoms with Crippen molar-refractivity contribution >= 4 is 10.0 Å². The summed E-state index contributed by atoms with van der Waals surface area (Å²) in [6.45, 7) is 8.15. The van der Waals surface area contributed by atoms with Crippen molar-refractivity contribution in [2.24, 2.45) is 11.7 Å². The van der Waals surface area contributed by atoms with Crippen LogP contribution in [0.25, 0.3) is 0 Å². The van der Waals surface area contributed by atoms with Crippen LogP contribution in [0.2, 0.25) is 0 Å². The Labute approximate surface area is 128 Å². The fourth-order valence-electron chi connectivity index (χ4n) is 2.64. The minimum atomic E-state index is -3.37. The fourth-order valence-corrected chi connectivity index (χ4v) is 4.17. The number of hydrogen-bond donors (Lipinski definition) is 1. The maximum atomic E-state index is 12.6. The summed E-state index contributed by atoms with van der Waals surface area (Å²) in [4.78, 5) is 0.385. The molecular weight excluding hydrogens is 284 g/mol. The summed E-state index contributed by atoms with van der Waals surface area (Å²) in [5, 5.41) is 0. The van der Waals surface area contributed by atoms with E-state index in [-0.39, 0.29) is 11.3 Å². The second kappa shape index (κ2) is 6.07. The van der Waals surface area contributed by atoms with Crippen LogP contribution in [0.15, 0.2) is 29.2 Å². The van der Waals surface area contributed by atoms with Gasteiger partial charge in [0, 0.05) is 13.1 Å². The van der Waals surface area contributed by atoms with Gasteiger partial charge < -0.3 is 5.73 Å². The Bertz CT molecular complexity index is 579. The lowest BCUT2D eigenvalue weighted by molar-refractivity contribution is 0.458. The second-order valence-electron chi connectivity index (χ2n) is 6.52. The zero-order valence-electron chi connectivity index (χ0n) is 13.2. The molecule has 1 saturated heterocycles. The molecule has 118 valence electrons. The highest BCUT2D eigenvalue weighted by atomic mass is 32.2. The van der Waals surface area contributed by atoms with E-state index in [4.69, 9.17) is 5.73 Å². The van der Waals surface area contributed by atoms with Crippen molar-refractivity contribution in [3.63, 3.8) is 0 Å². The first-order valence-corrected chi connectivity index (χ1v) is 9.06. The maximum absolute atomic E-state index is 12.6. The van der Waals surface area contributed by atoms with E-state index in [2.05, 4.69) is 20.8 Å². The van der Waals surface area contributed by atoms with Gasteiger partial charge >= 0.3 is 0 Å². The predicted molar refractivity (Wildman–Crippen MR) is 85.7 cm³/mol. The van der Waals surface area contributed by atoms with Crippen LogP contribution in [0.3, 0.4) is 0 Å².